The van der Waals surface area contributed by atoms with Crippen molar-refractivity contribution in [3.63, 3.8) is 0 Å². The molecule has 0 radical (unpaired) electrons. The lowest BCUT2D eigenvalue weighted by molar-refractivity contribution is -0.122. The first-order chi connectivity index (χ1) is 21.9. The summed E-state index contributed by atoms with van der Waals surface area (Å²) in [5.41, 5.74) is 7.28. The van der Waals surface area contributed by atoms with Gasteiger partial charge in [0.05, 0.1) is 37.9 Å². The number of nitrogens with zero attached hydrogens (tertiary/aromatic N) is 3. The highest BCUT2D eigenvalue weighted by atomic mass is 32.2. The Morgan fingerprint density at radius 2 is 1.98 bits per heavy atom. The molecule has 2 amide bonds. The predicted molar refractivity (Wildman–Crippen MR) is 187 cm³/mol. The molecule has 0 aromatic carbocycles. The monoisotopic (exact) mass is 669 g/mol. The number of amides is 2. The van der Waals surface area contributed by atoms with Crippen LogP contribution in [0.5, 0.6) is 0 Å². The van der Waals surface area contributed by atoms with Crippen LogP contribution in [-0.4, -0.2) is 67.5 Å². The molecule has 1 saturated heterocycles. The van der Waals surface area contributed by atoms with Crippen LogP contribution in [-0.2, 0) is 19.3 Å². The minimum atomic E-state index is -2.61. The molecule has 1 aliphatic heterocycles. The molecular formula is C34H47N5O5S2. The Hall–Kier alpha value is -3.61. The van der Waals surface area contributed by atoms with E-state index in [1.165, 1.54) is 42.9 Å². The van der Waals surface area contributed by atoms with Crippen LogP contribution in [0.1, 0.15) is 80.4 Å². The Morgan fingerprint density at radius 1 is 1.24 bits per heavy atom. The van der Waals surface area contributed by atoms with Crippen LogP contribution in [0.3, 0.4) is 0 Å². The second-order valence-corrected chi connectivity index (χ2v) is 15.4. The highest BCUT2D eigenvalue weighted by Crippen LogP contribution is 2.31. The predicted octanol–water partition coefficient (Wildman–Crippen LogP) is 5.51. The molecule has 2 aliphatic rings. The molecule has 10 nitrogen and oxygen atoms in total. The summed E-state index contributed by atoms with van der Waals surface area (Å²) in [5.74, 6) is 3.74. The average Bonchev–Trinajstić information content (AvgIpc) is 3.35. The van der Waals surface area contributed by atoms with Gasteiger partial charge in [-0.15, -0.1) is 11.3 Å². The Balaban J connectivity index is 0.000000260. The molecule has 1 saturated carbocycles. The largest absolute Gasteiger partial charge is 0.411 e. The van der Waals surface area contributed by atoms with Crippen molar-refractivity contribution < 1.29 is 23.8 Å². The summed E-state index contributed by atoms with van der Waals surface area (Å²) in [6.07, 6.45) is 16.0. The number of allylic oxidation sites excluding steroid dienone is 4. The zero-order chi connectivity index (χ0) is 33.7. The number of thiophene rings is 1. The fraction of sp³-hybridized carbons (Fsp3) is 0.471. The van der Waals surface area contributed by atoms with Gasteiger partial charge in [-0.25, -0.2) is 8.51 Å². The van der Waals surface area contributed by atoms with Crippen molar-refractivity contribution in [1.29, 1.82) is 0 Å². The molecule has 12 heteroatoms. The maximum atomic E-state index is 12.8. The van der Waals surface area contributed by atoms with Crippen molar-refractivity contribution in [3.05, 3.63) is 64.0 Å². The molecule has 2 unspecified atom stereocenters. The van der Waals surface area contributed by atoms with E-state index in [1.807, 2.05) is 38.1 Å². The summed E-state index contributed by atoms with van der Waals surface area (Å²) in [6, 6.07) is 7.06. The molecule has 4 rings (SSSR count). The first-order valence-corrected chi connectivity index (χ1v) is 18.2. The lowest BCUT2D eigenvalue weighted by atomic mass is 9.84. The van der Waals surface area contributed by atoms with Crippen LogP contribution in [0, 0.1) is 18.8 Å². The van der Waals surface area contributed by atoms with Crippen LogP contribution in [0.15, 0.2) is 58.8 Å². The fourth-order valence-electron chi connectivity index (χ4n) is 5.55. The number of rotatable bonds is 10. The average molecular weight is 670 g/mol. The van der Waals surface area contributed by atoms with E-state index in [1.54, 1.807) is 29.6 Å². The molecule has 2 fully saturated rings. The van der Waals surface area contributed by atoms with E-state index in [0.29, 0.717) is 28.7 Å². The van der Waals surface area contributed by atoms with Gasteiger partial charge in [-0.2, -0.15) is 0 Å². The summed E-state index contributed by atoms with van der Waals surface area (Å²) < 4.78 is 14.5. The van der Waals surface area contributed by atoms with Gasteiger partial charge >= 0.3 is 0 Å². The van der Waals surface area contributed by atoms with Crippen molar-refractivity contribution in [2.24, 2.45) is 22.7 Å². The van der Waals surface area contributed by atoms with Crippen LogP contribution < -0.4 is 11.1 Å². The molecule has 0 bridgehead atoms. The maximum Gasteiger partial charge on any atom is 0.262 e. The van der Waals surface area contributed by atoms with Crippen molar-refractivity contribution in [2.75, 3.05) is 13.1 Å². The first kappa shape index (κ1) is 36.9. The molecule has 3 heterocycles. The second-order valence-electron chi connectivity index (χ2n) is 11.9. The summed E-state index contributed by atoms with van der Waals surface area (Å²) in [7, 11) is -2.61. The first-order valence-electron chi connectivity index (χ1n) is 15.7. The topological polar surface area (TPSA) is 155 Å². The van der Waals surface area contributed by atoms with Crippen LogP contribution in [0.2, 0.25) is 0 Å². The highest BCUT2D eigenvalue weighted by molar-refractivity contribution is 8.01. The second kappa shape index (κ2) is 17.9. The Labute approximate surface area is 277 Å². The smallest absolute Gasteiger partial charge is 0.262 e. The molecule has 2 aromatic heterocycles. The molecule has 1 aliphatic carbocycles. The quantitative estimate of drug-likeness (QED) is 0.0996. The van der Waals surface area contributed by atoms with Gasteiger partial charge in [-0.05, 0) is 80.8 Å². The molecule has 3 atom stereocenters. The van der Waals surface area contributed by atoms with Gasteiger partial charge in [0.2, 0.25) is 5.91 Å². The fourth-order valence-corrected chi connectivity index (χ4v) is 8.06. The number of Topliss-reactive ketones (excluding diaryl/α,β-unsaturated/α-hetero) is 1. The molecular weight excluding hydrogens is 623 g/mol. The van der Waals surface area contributed by atoms with E-state index in [4.69, 9.17) is 10.9 Å². The van der Waals surface area contributed by atoms with Crippen LogP contribution in [0.4, 0.5) is 0 Å². The summed E-state index contributed by atoms with van der Waals surface area (Å²) in [5, 5.41) is 14.0. The van der Waals surface area contributed by atoms with E-state index in [0.717, 1.165) is 41.8 Å². The van der Waals surface area contributed by atoms with Crippen molar-refractivity contribution in [1.82, 2.24) is 14.6 Å². The Kier molecular flexibility index (Phi) is 14.4. The third-order valence-electron chi connectivity index (χ3n) is 8.43. The maximum absolute atomic E-state index is 12.8. The van der Waals surface area contributed by atoms with Gasteiger partial charge in [-0.1, -0.05) is 56.3 Å². The third kappa shape index (κ3) is 10.7. The number of hydrogen-bond acceptors (Lipinski definition) is 8. The molecule has 0 spiro atoms. The number of aromatic nitrogens is 1. The third-order valence-corrected chi connectivity index (χ3v) is 12.0. The summed E-state index contributed by atoms with van der Waals surface area (Å²) >= 11 is 1.39. The van der Waals surface area contributed by atoms with Crippen molar-refractivity contribution in [2.45, 2.75) is 78.2 Å². The van der Waals surface area contributed by atoms with Gasteiger partial charge < -0.3 is 16.3 Å². The molecule has 4 N–H and O–H groups in total. The number of nitrogens with two attached hydrogens (primary N) is 1. The van der Waals surface area contributed by atoms with Crippen LogP contribution in [0.25, 0.3) is 10.6 Å². The number of nitrogens with one attached hydrogen (secondary N) is 1. The van der Waals surface area contributed by atoms with Gasteiger partial charge in [0.25, 0.3) is 5.91 Å². The van der Waals surface area contributed by atoms with Gasteiger partial charge in [0, 0.05) is 23.6 Å². The number of carbonyl (C=O) groups is 3. The number of ketones is 1. The van der Waals surface area contributed by atoms with Gasteiger partial charge in [-0.3, -0.25) is 19.4 Å². The minimum absolute atomic E-state index is 0.0279. The zero-order valence-corrected chi connectivity index (χ0v) is 28.7. The summed E-state index contributed by atoms with van der Waals surface area (Å²) in [4.78, 5) is 43.0. The van der Waals surface area contributed by atoms with E-state index in [9.17, 15) is 18.6 Å². The normalized spacial score (nSPS) is 20.5. The zero-order valence-electron chi connectivity index (χ0n) is 27.0. The number of hydrogen-bond donors (Lipinski definition) is 3. The number of carbonyl (C=O) groups excluding carboxylic acids is 3. The number of pyridine rings is 1. The van der Waals surface area contributed by atoms with E-state index < -0.39 is 21.7 Å². The highest BCUT2D eigenvalue weighted by Gasteiger charge is 2.27. The Morgan fingerprint density at radius 3 is 2.63 bits per heavy atom. The number of primary amides is 1. The van der Waals surface area contributed by atoms with E-state index in [-0.39, 0.29) is 24.2 Å². The van der Waals surface area contributed by atoms with Gasteiger partial charge in [0.1, 0.15) is 6.04 Å². The number of oxime groups is 1. The lowest BCUT2D eigenvalue weighted by Crippen LogP contribution is -2.45. The molecule has 250 valence electrons. The van der Waals surface area contributed by atoms with E-state index >= 15 is 0 Å². The SMILES string of the molecule is C=S(=O)(/C(C)=C/C=C\C=N\O)N1CCCC(C)C(=O)C1.Cc1cc(-c2ccccn2)sc1C(=O)N[C@@H](CC1CCCCC1)C(N)=O. The summed E-state index contributed by atoms with van der Waals surface area (Å²) in [6.45, 7) is 6.35. The molecule has 2 aromatic rings. The molecule has 46 heavy (non-hydrogen) atoms. The number of aryl methyl sites for hydroxylation is 1. The van der Waals surface area contributed by atoms with Crippen molar-refractivity contribution >= 4 is 50.7 Å². The minimum Gasteiger partial charge on any atom is -0.411 e. The van der Waals surface area contributed by atoms with Crippen LogP contribution >= 0.6 is 11.3 Å². The van der Waals surface area contributed by atoms with Crippen molar-refractivity contribution in [3.8, 4) is 10.6 Å². The standard InChI is InChI=1S/C20H25N3O2S.C14H22N2O3S/c1-13-11-17(15-9-5-6-10-22-15)26-18(13)20(25)23-16(19(21)24)12-14-7-3-2-4-8-14;1-12-7-6-10-16(11-14(12)17)20(3,19)13(2)8-4-5-9-15-18/h5-6,9-11,14,16H,2-4,7-8,12H2,1H3,(H2,21,24)(H,23,25);4-5,8-9,12,18H,3,6-7,10-11H2,1-2H3/b;5-4-,13-8+,15-9+/t16-;/m0./s1. The Bertz CT molecular complexity index is 1530. The van der Waals surface area contributed by atoms with Gasteiger partial charge in [0.15, 0.2) is 5.78 Å². The van der Waals surface area contributed by atoms with E-state index in [2.05, 4.69) is 21.3 Å². The lowest BCUT2D eigenvalue weighted by Gasteiger charge is -2.25.